The van der Waals surface area contributed by atoms with Gasteiger partial charge in [-0.15, -0.1) is 11.8 Å². The first-order valence-electron chi connectivity index (χ1n) is 13.0. The third-order valence-corrected chi connectivity index (χ3v) is 8.48. The second kappa shape index (κ2) is 13.7. The van der Waals surface area contributed by atoms with Crippen LogP contribution in [0.15, 0.2) is 109 Å². The summed E-state index contributed by atoms with van der Waals surface area (Å²) >= 11 is 1.79. The normalized spacial score (nSPS) is 17.2. The van der Waals surface area contributed by atoms with Crippen molar-refractivity contribution in [1.82, 2.24) is 10.2 Å². The Balaban J connectivity index is 1.79. The summed E-state index contributed by atoms with van der Waals surface area (Å²) in [5.74, 6) is 0. The second-order valence-corrected chi connectivity index (χ2v) is 10.8. The molecule has 0 aromatic heterocycles. The number of urea groups is 1. The molecule has 2 atom stereocenters. The summed E-state index contributed by atoms with van der Waals surface area (Å²) in [4.78, 5) is 31.5. The van der Waals surface area contributed by atoms with Crippen LogP contribution >= 0.6 is 11.8 Å². The zero-order valence-electron chi connectivity index (χ0n) is 22.4. The van der Waals surface area contributed by atoms with E-state index in [4.69, 9.17) is 15.3 Å². The fourth-order valence-corrected chi connectivity index (χ4v) is 6.92. The van der Waals surface area contributed by atoms with Crippen LogP contribution in [-0.2, 0) is 14.3 Å². The Hall–Kier alpha value is -4.24. The zero-order valence-corrected chi connectivity index (χ0v) is 23.3. The fourth-order valence-electron chi connectivity index (χ4n) is 5.09. The van der Waals surface area contributed by atoms with Crippen molar-refractivity contribution < 1.29 is 19.2 Å². The summed E-state index contributed by atoms with van der Waals surface area (Å²) in [6.45, 7) is 4.17. The lowest BCUT2D eigenvalue weighted by Gasteiger charge is -2.37. The van der Waals surface area contributed by atoms with Gasteiger partial charge in [0.15, 0.2) is 0 Å². The van der Waals surface area contributed by atoms with E-state index in [0.29, 0.717) is 18.7 Å². The molecule has 1 aliphatic rings. The van der Waals surface area contributed by atoms with Crippen LogP contribution < -0.4 is 11.1 Å². The zero-order chi connectivity index (χ0) is 28.4. The quantitative estimate of drug-likeness (QED) is 0.147. The summed E-state index contributed by atoms with van der Waals surface area (Å²) in [6, 6.07) is 30.0. The maximum Gasteiger partial charge on any atom is 0.410 e. The number of nitrogens with one attached hydrogen (secondary N) is 1. The molecule has 0 spiro atoms. The van der Waals surface area contributed by atoms with Gasteiger partial charge in [0, 0.05) is 11.8 Å². The number of hydrogen-bond acceptors (Lipinski definition) is 6. The molecule has 0 radical (unpaired) electrons. The van der Waals surface area contributed by atoms with Crippen LogP contribution in [0, 0.1) is 0 Å². The Morgan fingerprint density at radius 2 is 1.55 bits per heavy atom. The molecule has 0 aliphatic carbocycles. The minimum Gasteiger partial charge on any atom is -0.445 e. The number of thioether (sulfide) groups is 1. The lowest BCUT2D eigenvalue weighted by atomic mass is 9.84. The Kier molecular flexibility index (Phi) is 9.86. The predicted molar refractivity (Wildman–Crippen MR) is 159 cm³/mol. The number of oxime groups is 1. The van der Waals surface area contributed by atoms with Gasteiger partial charge in [-0.3, -0.25) is 4.90 Å². The summed E-state index contributed by atoms with van der Waals surface area (Å²) in [5.41, 5.74) is 9.19. The molecular weight excluding hydrogens is 524 g/mol. The van der Waals surface area contributed by atoms with Crippen molar-refractivity contribution in [3.05, 3.63) is 120 Å². The third kappa shape index (κ3) is 6.48. The molecule has 3 aromatic rings. The van der Waals surface area contributed by atoms with Gasteiger partial charge in [0.2, 0.25) is 0 Å². The molecule has 208 valence electrons. The van der Waals surface area contributed by atoms with Crippen LogP contribution in [0.1, 0.15) is 23.1 Å². The molecule has 0 unspecified atom stereocenters. The molecular formula is C31H34N4O4S. The molecule has 3 amide bonds. The Morgan fingerprint density at radius 1 is 1.02 bits per heavy atom. The van der Waals surface area contributed by atoms with Crippen LogP contribution in [0.2, 0.25) is 0 Å². The Labute approximate surface area is 239 Å². The third-order valence-electron chi connectivity index (χ3n) is 6.74. The van der Waals surface area contributed by atoms with E-state index in [0.717, 1.165) is 16.7 Å². The number of amides is 3. The van der Waals surface area contributed by atoms with Crippen LogP contribution in [0.4, 0.5) is 9.59 Å². The number of benzene rings is 3. The van der Waals surface area contributed by atoms with Gasteiger partial charge in [-0.05, 0) is 23.1 Å². The average molecular weight is 559 g/mol. The number of hydrogen-bond donors (Lipinski definition) is 2. The monoisotopic (exact) mass is 558 g/mol. The average Bonchev–Trinajstić information content (AvgIpc) is 3.41. The van der Waals surface area contributed by atoms with E-state index in [1.165, 1.54) is 13.2 Å². The van der Waals surface area contributed by atoms with Crippen molar-refractivity contribution in [3.63, 3.8) is 0 Å². The van der Waals surface area contributed by atoms with Crippen molar-refractivity contribution in [3.8, 4) is 0 Å². The summed E-state index contributed by atoms with van der Waals surface area (Å²) in [7, 11) is 1.43. The van der Waals surface area contributed by atoms with E-state index in [-0.39, 0.29) is 18.4 Å². The number of primary amides is 1. The fraction of sp³-hybridized carbons (Fsp3) is 0.258. The standard InChI is InChI=1S/C31H34N4O4S/c1-3-19-39-30(37)35-22-26(20-28(35)27(34-38-2)21-33-29(32)36)40-31(23-13-7-4-8-14-23,24-15-9-5-10-16-24)25-17-11-6-12-18-25/h3-18,26,28H,1,19-22H2,2H3,(H3,32,33,36)/b34-27+/t26-,28-/m0/s1. The number of ether oxygens (including phenoxy) is 1. The van der Waals surface area contributed by atoms with Crippen molar-refractivity contribution in [1.29, 1.82) is 0 Å². The number of nitrogens with zero attached hydrogens (tertiary/aromatic N) is 2. The molecule has 1 heterocycles. The van der Waals surface area contributed by atoms with Crippen molar-refractivity contribution in [2.75, 3.05) is 26.8 Å². The number of rotatable bonds is 11. The van der Waals surface area contributed by atoms with Crippen molar-refractivity contribution in [2.45, 2.75) is 22.5 Å². The van der Waals surface area contributed by atoms with E-state index in [9.17, 15) is 9.59 Å². The van der Waals surface area contributed by atoms with Gasteiger partial charge < -0.3 is 20.6 Å². The maximum absolute atomic E-state index is 13.2. The molecule has 1 fully saturated rings. The van der Waals surface area contributed by atoms with Gasteiger partial charge in [0.05, 0.1) is 23.0 Å². The van der Waals surface area contributed by atoms with Crippen LogP contribution in [-0.4, -0.2) is 60.8 Å². The predicted octanol–water partition coefficient (Wildman–Crippen LogP) is 5.15. The van der Waals surface area contributed by atoms with Crippen LogP contribution in [0.5, 0.6) is 0 Å². The Bertz CT molecular complexity index is 1210. The SMILES string of the molecule is C=CCOC(=O)N1C[C@@H](SC(c2ccccc2)(c2ccccc2)c2ccccc2)C[C@H]1/C(CNC(N)=O)=N/OC. The lowest BCUT2D eigenvalue weighted by molar-refractivity contribution is 0.115. The van der Waals surface area contributed by atoms with Gasteiger partial charge in [-0.25, -0.2) is 9.59 Å². The van der Waals surface area contributed by atoms with Crippen molar-refractivity contribution in [2.24, 2.45) is 10.9 Å². The van der Waals surface area contributed by atoms with Gasteiger partial charge in [0.1, 0.15) is 13.7 Å². The summed E-state index contributed by atoms with van der Waals surface area (Å²) in [5, 5.41) is 6.71. The topological polar surface area (TPSA) is 106 Å². The van der Waals surface area contributed by atoms with Gasteiger partial charge in [-0.1, -0.05) is 109 Å². The number of carbonyl (C=O) groups is 2. The summed E-state index contributed by atoms with van der Waals surface area (Å²) in [6.07, 6.45) is 1.60. The minimum atomic E-state index is -0.690. The molecule has 9 heteroatoms. The van der Waals surface area contributed by atoms with Gasteiger partial charge in [-0.2, -0.15) is 0 Å². The molecule has 3 N–H and O–H groups in total. The lowest BCUT2D eigenvalue weighted by Crippen LogP contribution is -2.46. The molecule has 3 aromatic carbocycles. The highest BCUT2D eigenvalue weighted by molar-refractivity contribution is 8.01. The van der Waals surface area contributed by atoms with E-state index < -0.39 is 22.9 Å². The van der Waals surface area contributed by atoms with E-state index >= 15 is 0 Å². The smallest absolute Gasteiger partial charge is 0.410 e. The second-order valence-electron chi connectivity index (χ2n) is 9.27. The highest BCUT2D eigenvalue weighted by atomic mass is 32.2. The number of likely N-dealkylation sites (tertiary alicyclic amines) is 1. The molecule has 40 heavy (non-hydrogen) atoms. The largest absolute Gasteiger partial charge is 0.445 e. The maximum atomic E-state index is 13.2. The van der Waals surface area contributed by atoms with Gasteiger partial charge >= 0.3 is 12.1 Å². The molecule has 8 nitrogen and oxygen atoms in total. The first kappa shape index (κ1) is 28.8. The molecule has 1 saturated heterocycles. The van der Waals surface area contributed by atoms with E-state index in [1.807, 2.05) is 54.6 Å². The first-order chi connectivity index (χ1) is 19.5. The molecule has 4 rings (SSSR count). The summed E-state index contributed by atoms with van der Waals surface area (Å²) < 4.78 is 4.88. The molecule has 0 bridgehead atoms. The van der Waals surface area contributed by atoms with E-state index in [2.05, 4.69) is 53.4 Å². The highest BCUT2D eigenvalue weighted by Crippen LogP contribution is 2.52. The van der Waals surface area contributed by atoms with Crippen LogP contribution in [0.25, 0.3) is 0 Å². The van der Waals surface area contributed by atoms with E-state index in [1.54, 1.807) is 16.7 Å². The number of nitrogens with two attached hydrogens (primary N) is 1. The van der Waals surface area contributed by atoms with Crippen LogP contribution in [0.3, 0.4) is 0 Å². The van der Waals surface area contributed by atoms with Crippen molar-refractivity contribution >= 4 is 29.6 Å². The first-order valence-corrected chi connectivity index (χ1v) is 13.9. The molecule has 1 aliphatic heterocycles. The molecule has 0 saturated carbocycles. The highest BCUT2D eigenvalue weighted by Gasteiger charge is 2.46. The minimum absolute atomic E-state index is 0.0301. The number of carbonyl (C=O) groups excluding carboxylic acids is 2. The van der Waals surface area contributed by atoms with Gasteiger partial charge in [0.25, 0.3) is 0 Å². The Morgan fingerprint density at radius 3 is 2.00 bits per heavy atom.